The first-order valence-corrected chi connectivity index (χ1v) is 15.7. The van der Waals surface area contributed by atoms with E-state index in [2.05, 4.69) is 18.7 Å². The lowest BCUT2D eigenvalue weighted by molar-refractivity contribution is 0.325. The summed E-state index contributed by atoms with van der Waals surface area (Å²) in [6, 6.07) is 12.9. The van der Waals surface area contributed by atoms with E-state index in [-0.39, 0.29) is 30.3 Å². The first-order chi connectivity index (χ1) is 17.0. The van der Waals surface area contributed by atoms with E-state index < -0.39 is 23.8 Å². The zero-order valence-corrected chi connectivity index (χ0v) is 23.6. The van der Waals surface area contributed by atoms with Crippen LogP contribution in [0.5, 0.6) is 11.5 Å². The lowest BCUT2D eigenvalue weighted by Gasteiger charge is -2.37. The summed E-state index contributed by atoms with van der Waals surface area (Å²) in [5.41, 5.74) is 2.52. The molecule has 1 aliphatic heterocycles. The molecule has 1 saturated heterocycles. The lowest BCUT2D eigenvalue weighted by Crippen LogP contribution is -2.50. The molecule has 0 atom stereocenters. The van der Waals surface area contributed by atoms with Crippen molar-refractivity contribution < 1.29 is 26.3 Å². The minimum absolute atomic E-state index is 0.0550. The van der Waals surface area contributed by atoms with Crippen molar-refractivity contribution in [3.05, 3.63) is 59.2 Å². The molecule has 36 heavy (non-hydrogen) atoms. The number of likely N-dealkylation sites (N-methyl/N-ethyl adjacent to an activating group) is 1. The van der Waals surface area contributed by atoms with Crippen LogP contribution in [-0.2, 0) is 30.2 Å². The first-order valence-electron chi connectivity index (χ1n) is 12.4. The third-order valence-corrected chi connectivity index (χ3v) is 13.2. The number of hydrogen-bond donors (Lipinski definition) is 0. The topological polar surface area (TPSA) is 90.0 Å². The quantitative estimate of drug-likeness (QED) is 0.425. The summed E-state index contributed by atoms with van der Waals surface area (Å²) in [7, 11) is -2.59. The largest absolute Gasteiger partial charge is 0.493 e. The van der Waals surface area contributed by atoms with Crippen molar-refractivity contribution in [1.82, 2.24) is 4.90 Å². The monoisotopic (exact) mass is 537 g/mol. The van der Waals surface area contributed by atoms with Crippen molar-refractivity contribution in [3.63, 3.8) is 0 Å². The van der Waals surface area contributed by atoms with E-state index in [0.717, 1.165) is 24.1 Å². The highest BCUT2D eigenvalue weighted by molar-refractivity contribution is 8.10. The Kier molecular flexibility index (Phi) is 9.11. The van der Waals surface area contributed by atoms with Crippen molar-refractivity contribution in [2.45, 2.75) is 49.5 Å². The van der Waals surface area contributed by atoms with Crippen LogP contribution in [0.15, 0.2) is 42.5 Å². The Hall–Kier alpha value is -2.10. The normalized spacial score (nSPS) is 18.3. The zero-order chi connectivity index (χ0) is 26.6. The molecule has 1 aliphatic rings. The predicted molar refractivity (Wildman–Crippen MR) is 144 cm³/mol. The Labute approximate surface area is 216 Å². The van der Waals surface area contributed by atoms with E-state index in [0.29, 0.717) is 30.0 Å². The summed E-state index contributed by atoms with van der Waals surface area (Å²) in [5, 5.41) is 0. The van der Waals surface area contributed by atoms with Crippen LogP contribution in [0, 0.1) is 0 Å². The van der Waals surface area contributed by atoms with Crippen LogP contribution in [0.4, 0.5) is 0 Å². The maximum Gasteiger partial charge on any atom is 0.198 e. The molecule has 0 bridgehead atoms. The first kappa shape index (κ1) is 28.5. The molecule has 2 aromatic rings. The molecule has 0 saturated carbocycles. The fourth-order valence-electron chi connectivity index (χ4n) is 4.95. The second-order valence-electron chi connectivity index (χ2n) is 9.87. The molecule has 0 amide bonds. The number of sulfone groups is 2. The van der Waals surface area contributed by atoms with Crippen LogP contribution in [0.1, 0.15) is 55.7 Å². The second kappa shape index (κ2) is 11.5. The standard InChI is InChI=1S/C27H39NO6S2/c1-21(2)23-9-11-24(12-10-23)27(35(29,30)18-7-19-36(27,31)32)15-6-16-28(3)17-14-22-8-13-25(33-4)26(20-22)34-5/h8-13,20-21H,6-7,14-19H2,1-5H3. The van der Waals surface area contributed by atoms with Gasteiger partial charge >= 0.3 is 0 Å². The van der Waals surface area contributed by atoms with Gasteiger partial charge in [0.1, 0.15) is 0 Å². The Morgan fingerprint density at radius 2 is 1.50 bits per heavy atom. The van der Waals surface area contributed by atoms with Gasteiger partial charge in [-0.25, -0.2) is 16.8 Å². The van der Waals surface area contributed by atoms with Gasteiger partial charge in [0.15, 0.2) is 35.3 Å². The van der Waals surface area contributed by atoms with E-state index in [1.54, 1.807) is 26.4 Å². The highest BCUT2D eigenvalue weighted by Crippen LogP contribution is 2.45. The molecule has 0 unspecified atom stereocenters. The maximum atomic E-state index is 13.4. The minimum Gasteiger partial charge on any atom is -0.493 e. The van der Waals surface area contributed by atoms with Gasteiger partial charge in [0.05, 0.1) is 25.7 Å². The minimum atomic E-state index is -3.88. The molecule has 0 aliphatic carbocycles. The van der Waals surface area contributed by atoms with E-state index in [9.17, 15) is 16.8 Å². The summed E-state index contributed by atoms with van der Waals surface area (Å²) >= 11 is 0. The van der Waals surface area contributed by atoms with Crippen LogP contribution in [0.25, 0.3) is 0 Å². The van der Waals surface area contributed by atoms with Crippen LogP contribution in [0.3, 0.4) is 0 Å². The molecule has 0 spiro atoms. The lowest BCUT2D eigenvalue weighted by atomic mass is 9.99. The molecular weight excluding hydrogens is 498 g/mol. The molecule has 200 valence electrons. The maximum absolute atomic E-state index is 13.4. The molecule has 3 rings (SSSR count). The van der Waals surface area contributed by atoms with Gasteiger partial charge in [0, 0.05) is 6.54 Å². The Morgan fingerprint density at radius 3 is 2.06 bits per heavy atom. The number of ether oxygens (including phenoxy) is 2. The number of benzene rings is 2. The summed E-state index contributed by atoms with van der Waals surface area (Å²) in [6.07, 6.45) is 1.43. The molecule has 1 heterocycles. The Balaban J connectivity index is 1.75. The summed E-state index contributed by atoms with van der Waals surface area (Å²) < 4.78 is 62.5. The Morgan fingerprint density at radius 1 is 0.889 bits per heavy atom. The van der Waals surface area contributed by atoms with Gasteiger partial charge in [0.25, 0.3) is 0 Å². The van der Waals surface area contributed by atoms with Gasteiger partial charge in [-0.05, 0) is 74.0 Å². The third kappa shape index (κ3) is 5.73. The molecule has 7 nitrogen and oxygen atoms in total. The van der Waals surface area contributed by atoms with Crippen LogP contribution >= 0.6 is 0 Å². The van der Waals surface area contributed by atoms with Crippen LogP contribution < -0.4 is 9.47 Å². The van der Waals surface area contributed by atoms with Gasteiger partial charge < -0.3 is 14.4 Å². The number of hydrogen-bond acceptors (Lipinski definition) is 7. The van der Waals surface area contributed by atoms with Crippen LogP contribution in [-0.4, -0.2) is 67.6 Å². The van der Waals surface area contributed by atoms with Crippen molar-refractivity contribution in [2.75, 3.05) is 45.9 Å². The highest BCUT2D eigenvalue weighted by Gasteiger charge is 2.57. The Bertz CT molecular complexity index is 1200. The van der Waals surface area contributed by atoms with Crippen molar-refractivity contribution >= 4 is 19.7 Å². The molecule has 0 aromatic heterocycles. The van der Waals surface area contributed by atoms with Gasteiger partial charge in [-0.3, -0.25) is 0 Å². The second-order valence-corrected chi connectivity index (χ2v) is 14.8. The van der Waals surface area contributed by atoms with Gasteiger partial charge in [-0.15, -0.1) is 0 Å². The number of methoxy groups -OCH3 is 2. The number of rotatable bonds is 11. The molecule has 0 radical (unpaired) electrons. The SMILES string of the molecule is COc1ccc(CCN(C)CCCC2(c3ccc(C(C)C)cc3)S(=O)(=O)CCCS2(=O)=O)cc1OC. The van der Waals surface area contributed by atoms with Crippen molar-refractivity contribution in [3.8, 4) is 11.5 Å². The molecule has 0 N–H and O–H groups in total. The smallest absolute Gasteiger partial charge is 0.198 e. The average Bonchev–Trinajstić information content (AvgIpc) is 2.84. The van der Waals surface area contributed by atoms with Crippen molar-refractivity contribution in [2.24, 2.45) is 0 Å². The fraction of sp³-hybridized carbons (Fsp3) is 0.556. The van der Waals surface area contributed by atoms with Crippen molar-refractivity contribution in [1.29, 1.82) is 0 Å². The summed E-state index contributed by atoms with van der Waals surface area (Å²) in [5.74, 6) is 1.42. The van der Waals surface area contributed by atoms with E-state index in [4.69, 9.17) is 9.47 Å². The van der Waals surface area contributed by atoms with E-state index in [1.165, 1.54) is 0 Å². The van der Waals surface area contributed by atoms with Gasteiger partial charge in [-0.1, -0.05) is 44.2 Å². The molecule has 1 fully saturated rings. The molecule has 9 heteroatoms. The number of nitrogens with zero attached hydrogens (tertiary/aromatic N) is 1. The molecule has 2 aromatic carbocycles. The van der Waals surface area contributed by atoms with E-state index >= 15 is 0 Å². The van der Waals surface area contributed by atoms with E-state index in [1.807, 2.05) is 37.4 Å². The van der Waals surface area contributed by atoms with Crippen LogP contribution in [0.2, 0.25) is 0 Å². The zero-order valence-electron chi connectivity index (χ0n) is 22.0. The fourth-order valence-corrected chi connectivity index (χ4v) is 10.8. The van der Waals surface area contributed by atoms with Gasteiger partial charge in [0.2, 0.25) is 0 Å². The predicted octanol–water partition coefficient (Wildman–Crippen LogP) is 4.17. The summed E-state index contributed by atoms with van der Waals surface area (Å²) in [6.45, 7) is 5.43. The molecular formula is C27H39NO6S2. The van der Waals surface area contributed by atoms with Gasteiger partial charge in [-0.2, -0.15) is 0 Å². The summed E-state index contributed by atoms with van der Waals surface area (Å²) in [4.78, 5) is 2.11. The highest BCUT2D eigenvalue weighted by atomic mass is 32.3. The average molecular weight is 538 g/mol. The third-order valence-electron chi connectivity index (χ3n) is 7.12.